The third-order valence-corrected chi connectivity index (χ3v) is 5.56. The molecule has 3 heteroatoms. The summed E-state index contributed by atoms with van der Waals surface area (Å²) in [6.07, 6.45) is 0. The molecule has 0 fully saturated rings. The quantitative estimate of drug-likeness (QED) is 0.669. The molecule has 1 atom stereocenters. The van der Waals surface area contributed by atoms with Gasteiger partial charge in [-0.15, -0.1) is 0 Å². The minimum absolute atomic E-state index is 0.356. The lowest BCUT2D eigenvalue weighted by Gasteiger charge is -2.37. The molecule has 2 aromatic rings. The molecule has 1 unspecified atom stereocenters. The summed E-state index contributed by atoms with van der Waals surface area (Å²) in [6.45, 7) is 14.9. The van der Waals surface area contributed by atoms with Crippen LogP contribution in [0, 0.1) is 5.41 Å². The fourth-order valence-corrected chi connectivity index (χ4v) is 3.87. The molecule has 1 aliphatic rings. The van der Waals surface area contributed by atoms with Crippen molar-refractivity contribution in [1.29, 1.82) is 0 Å². The van der Waals surface area contributed by atoms with Gasteiger partial charge in [0.05, 0.1) is 5.69 Å². The molecule has 144 valence electrons. The van der Waals surface area contributed by atoms with E-state index in [9.17, 15) is 5.11 Å². The number of hydrogen-bond donors (Lipinski definition) is 2. The number of amidine groups is 1. The minimum Gasteiger partial charge on any atom is -0.376 e. The molecule has 1 heterocycles. The van der Waals surface area contributed by atoms with Crippen LogP contribution in [0.25, 0.3) is 0 Å². The second-order valence-corrected chi connectivity index (χ2v) is 9.19. The van der Waals surface area contributed by atoms with Gasteiger partial charge in [0.1, 0.15) is 5.84 Å². The van der Waals surface area contributed by atoms with E-state index in [1.54, 1.807) is 0 Å². The van der Waals surface area contributed by atoms with E-state index in [1.807, 2.05) is 24.3 Å². The molecular weight excluding hydrogens is 332 g/mol. The zero-order chi connectivity index (χ0) is 20.0. The summed E-state index contributed by atoms with van der Waals surface area (Å²) in [7, 11) is 0. The van der Waals surface area contributed by atoms with Gasteiger partial charge in [-0.2, -0.15) is 0 Å². The minimum atomic E-state index is -1.16. The molecule has 0 saturated carbocycles. The SMILES string of the molecule is CC(C)c1cccc(C(C)C)c1N=C1Nc2ccccc2C1(O)C(C)(C)C. The number of nitrogens with zero attached hydrogens (tertiary/aromatic N) is 1. The topological polar surface area (TPSA) is 44.6 Å². The molecular formula is C24H32N2O. The summed E-state index contributed by atoms with van der Waals surface area (Å²) in [6, 6.07) is 14.4. The first-order valence-corrected chi connectivity index (χ1v) is 9.88. The molecule has 3 nitrogen and oxygen atoms in total. The first kappa shape index (κ1) is 19.6. The number of fused-ring (bicyclic) bond motifs is 1. The van der Waals surface area contributed by atoms with Crippen molar-refractivity contribution in [2.75, 3.05) is 5.32 Å². The van der Waals surface area contributed by atoms with E-state index in [0.29, 0.717) is 17.7 Å². The molecule has 0 spiro atoms. The molecule has 0 radical (unpaired) electrons. The zero-order valence-corrected chi connectivity index (χ0v) is 17.6. The lowest BCUT2D eigenvalue weighted by Crippen LogP contribution is -2.46. The average Bonchev–Trinajstić information content (AvgIpc) is 2.88. The number of para-hydroxylation sites is 2. The van der Waals surface area contributed by atoms with Crippen molar-refractivity contribution in [3.63, 3.8) is 0 Å². The molecule has 0 bridgehead atoms. The highest BCUT2D eigenvalue weighted by Crippen LogP contribution is 2.49. The summed E-state index contributed by atoms with van der Waals surface area (Å²) in [4.78, 5) is 5.09. The Balaban J connectivity index is 2.27. The zero-order valence-electron chi connectivity index (χ0n) is 17.6. The molecule has 2 N–H and O–H groups in total. The summed E-state index contributed by atoms with van der Waals surface area (Å²) < 4.78 is 0. The van der Waals surface area contributed by atoms with Crippen LogP contribution in [0.1, 0.15) is 77.0 Å². The van der Waals surface area contributed by atoms with Crippen LogP contribution in [-0.2, 0) is 5.60 Å². The van der Waals surface area contributed by atoms with Crippen LogP contribution in [0.3, 0.4) is 0 Å². The van der Waals surface area contributed by atoms with Gasteiger partial charge in [0, 0.05) is 16.7 Å². The summed E-state index contributed by atoms with van der Waals surface area (Å²) in [5.41, 5.74) is 3.66. The van der Waals surface area contributed by atoms with Gasteiger partial charge in [-0.1, -0.05) is 84.9 Å². The van der Waals surface area contributed by atoms with Gasteiger partial charge in [-0.05, 0) is 29.0 Å². The molecule has 1 aliphatic heterocycles. The van der Waals surface area contributed by atoms with Crippen LogP contribution >= 0.6 is 0 Å². The number of hydrogen-bond acceptors (Lipinski definition) is 2. The van der Waals surface area contributed by atoms with Crippen LogP contribution in [0.2, 0.25) is 0 Å². The summed E-state index contributed by atoms with van der Waals surface area (Å²) in [5.74, 6) is 1.33. The monoisotopic (exact) mass is 364 g/mol. The van der Waals surface area contributed by atoms with Crippen molar-refractivity contribution in [2.45, 2.75) is 65.9 Å². The Morgan fingerprint density at radius 1 is 0.889 bits per heavy atom. The highest BCUT2D eigenvalue weighted by Gasteiger charge is 2.51. The van der Waals surface area contributed by atoms with Gasteiger partial charge in [-0.3, -0.25) is 0 Å². The normalized spacial score (nSPS) is 21.0. The first-order valence-electron chi connectivity index (χ1n) is 9.88. The van der Waals surface area contributed by atoms with Crippen LogP contribution in [0.5, 0.6) is 0 Å². The van der Waals surface area contributed by atoms with Crippen LogP contribution in [0.4, 0.5) is 11.4 Å². The summed E-state index contributed by atoms with van der Waals surface area (Å²) in [5, 5.41) is 15.3. The van der Waals surface area contributed by atoms with Crippen molar-refractivity contribution in [1.82, 2.24) is 0 Å². The van der Waals surface area contributed by atoms with E-state index in [2.05, 4.69) is 72.0 Å². The highest BCUT2D eigenvalue weighted by molar-refractivity contribution is 6.10. The van der Waals surface area contributed by atoms with Gasteiger partial charge >= 0.3 is 0 Å². The Kier molecular flexibility index (Phi) is 4.94. The molecule has 0 aromatic heterocycles. The van der Waals surface area contributed by atoms with E-state index in [1.165, 1.54) is 11.1 Å². The molecule has 0 saturated heterocycles. The molecule has 27 heavy (non-hydrogen) atoms. The third kappa shape index (κ3) is 3.19. The van der Waals surface area contributed by atoms with Crippen LogP contribution in [0.15, 0.2) is 47.5 Å². The molecule has 0 amide bonds. The second kappa shape index (κ2) is 6.79. The standard InChI is InChI=1S/C24H32N2O/c1-15(2)17-11-10-12-18(16(3)4)21(17)26-22-24(27,23(5,6)7)19-13-8-9-14-20(19)25-22/h8-16,27H,1-7H3,(H,25,26). The summed E-state index contributed by atoms with van der Waals surface area (Å²) >= 11 is 0. The Morgan fingerprint density at radius 3 is 1.96 bits per heavy atom. The number of aliphatic imine (C=N–C) groups is 1. The third-order valence-electron chi connectivity index (χ3n) is 5.56. The van der Waals surface area contributed by atoms with Crippen molar-refractivity contribution in [3.05, 3.63) is 59.2 Å². The number of benzene rings is 2. The predicted octanol–water partition coefficient (Wildman–Crippen LogP) is 6.32. The maximum atomic E-state index is 11.9. The van der Waals surface area contributed by atoms with Crippen LogP contribution in [-0.4, -0.2) is 10.9 Å². The van der Waals surface area contributed by atoms with Gasteiger partial charge in [0.15, 0.2) is 5.60 Å². The average molecular weight is 365 g/mol. The number of aliphatic hydroxyl groups is 1. The van der Waals surface area contributed by atoms with E-state index < -0.39 is 11.0 Å². The smallest absolute Gasteiger partial charge is 0.154 e. The van der Waals surface area contributed by atoms with Crippen molar-refractivity contribution in [3.8, 4) is 0 Å². The second-order valence-electron chi connectivity index (χ2n) is 9.19. The van der Waals surface area contributed by atoms with Gasteiger partial charge in [0.2, 0.25) is 0 Å². The lowest BCUT2D eigenvalue weighted by molar-refractivity contribution is 0.00488. The van der Waals surface area contributed by atoms with Crippen molar-refractivity contribution >= 4 is 17.2 Å². The van der Waals surface area contributed by atoms with E-state index in [4.69, 9.17) is 4.99 Å². The van der Waals surface area contributed by atoms with Gasteiger partial charge in [-0.25, -0.2) is 4.99 Å². The highest BCUT2D eigenvalue weighted by atomic mass is 16.3. The number of rotatable bonds is 3. The number of anilines is 1. The maximum absolute atomic E-state index is 11.9. The van der Waals surface area contributed by atoms with Gasteiger partial charge in [0.25, 0.3) is 0 Å². The van der Waals surface area contributed by atoms with Crippen molar-refractivity contribution in [2.24, 2.45) is 10.4 Å². The fourth-order valence-electron chi connectivity index (χ4n) is 3.87. The largest absolute Gasteiger partial charge is 0.376 e. The Hall–Kier alpha value is -2.13. The van der Waals surface area contributed by atoms with Gasteiger partial charge < -0.3 is 10.4 Å². The Labute approximate surface area is 163 Å². The Bertz CT molecular complexity index is 848. The first-order chi connectivity index (χ1) is 12.6. The van der Waals surface area contributed by atoms with E-state index in [0.717, 1.165) is 16.9 Å². The molecule has 0 aliphatic carbocycles. The molecule has 3 rings (SSSR count). The Morgan fingerprint density at radius 2 is 1.44 bits per heavy atom. The lowest BCUT2D eigenvalue weighted by atomic mass is 9.72. The van der Waals surface area contributed by atoms with Crippen LogP contribution < -0.4 is 5.32 Å². The molecule has 2 aromatic carbocycles. The van der Waals surface area contributed by atoms with Crippen molar-refractivity contribution < 1.29 is 5.11 Å². The van der Waals surface area contributed by atoms with E-state index in [-0.39, 0.29) is 0 Å². The predicted molar refractivity (Wildman–Crippen MR) is 115 cm³/mol. The maximum Gasteiger partial charge on any atom is 0.154 e. The fraction of sp³-hybridized carbons (Fsp3) is 0.458. The van der Waals surface area contributed by atoms with E-state index >= 15 is 0 Å². The number of nitrogens with one attached hydrogen (secondary N) is 1.